The minimum atomic E-state index is -5.57. The van der Waals surface area contributed by atoms with Crippen LogP contribution in [0, 0.1) is 5.41 Å². The molecule has 108 valence electrons. The van der Waals surface area contributed by atoms with Crippen molar-refractivity contribution in [2.75, 3.05) is 0 Å². The number of hydrogen-bond donors (Lipinski definition) is 7. The van der Waals surface area contributed by atoms with Gasteiger partial charge in [0.05, 0.1) is 6.04 Å². The predicted molar refractivity (Wildman–Crippen MR) is 64.3 cm³/mol. The molecule has 0 aromatic carbocycles. The van der Waals surface area contributed by atoms with E-state index < -0.39 is 32.7 Å². The zero-order valence-corrected chi connectivity index (χ0v) is 11.5. The molecule has 0 fully saturated rings. The quantitative estimate of drug-likeness (QED) is 0.243. The van der Waals surface area contributed by atoms with Gasteiger partial charge in [-0.15, -0.1) is 0 Å². The molecule has 0 aromatic rings. The van der Waals surface area contributed by atoms with Crippen molar-refractivity contribution in [3.05, 3.63) is 0 Å². The van der Waals surface area contributed by atoms with Crippen LogP contribution in [0.4, 0.5) is 0 Å². The molecule has 0 aliphatic carbocycles. The summed E-state index contributed by atoms with van der Waals surface area (Å²) >= 11 is 0. The van der Waals surface area contributed by atoms with Crippen LogP contribution in [0.15, 0.2) is 0 Å². The predicted octanol–water partition coefficient (Wildman–Crippen LogP) is -0.475. The van der Waals surface area contributed by atoms with E-state index in [1.54, 1.807) is 6.92 Å². The minimum Gasteiger partial charge on any atom is -0.366 e. The Morgan fingerprint density at radius 2 is 1.67 bits per heavy atom. The van der Waals surface area contributed by atoms with Crippen LogP contribution in [0.2, 0.25) is 0 Å². The highest BCUT2D eigenvalue weighted by atomic mass is 31.2. The Morgan fingerprint density at radius 3 is 1.94 bits per heavy atom. The Balaban J connectivity index is 5.33. The second-order valence-electron chi connectivity index (χ2n) is 3.94. The summed E-state index contributed by atoms with van der Waals surface area (Å²) in [5, 5.41) is 13.4. The molecule has 0 aliphatic rings. The first kappa shape index (κ1) is 17.9. The molecule has 0 spiro atoms. The van der Waals surface area contributed by atoms with Crippen LogP contribution in [0.5, 0.6) is 0 Å². The lowest BCUT2D eigenvalue weighted by atomic mass is 10.1. The van der Waals surface area contributed by atoms with Crippen LogP contribution in [0.25, 0.3) is 0 Å². The molecule has 1 atom stereocenters. The molecular weight excluding hydrogens is 286 g/mol. The van der Waals surface area contributed by atoms with Gasteiger partial charge in [-0.05, 0) is 6.42 Å². The standard InChI is InChI=1S/C7H18N2O7P2/c1-2-3-5(8)4-6(9)7(10,17(11,12)13)18(14,15)16/h6,8,10H,2-4,9H2,1H3,(H2,11,12,13)(H2,14,15,16). The maximum absolute atomic E-state index is 11.1. The normalized spacial score (nSPS) is 15.5. The van der Waals surface area contributed by atoms with E-state index in [2.05, 4.69) is 0 Å². The lowest BCUT2D eigenvalue weighted by Crippen LogP contribution is -2.48. The Bertz CT molecular complexity index is 379. The average molecular weight is 304 g/mol. The molecule has 9 nitrogen and oxygen atoms in total. The first-order chi connectivity index (χ1) is 7.88. The van der Waals surface area contributed by atoms with E-state index in [4.69, 9.17) is 30.7 Å². The van der Waals surface area contributed by atoms with Crippen molar-refractivity contribution in [2.24, 2.45) is 5.73 Å². The summed E-state index contributed by atoms with van der Waals surface area (Å²) in [7, 11) is -11.1. The van der Waals surface area contributed by atoms with Crippen LogP contribution in [0.1, 0.15) is 26.2 Å². The van der Waals surface area contributed by atoms with Gasteiger partial charge in [-0.3, -0.25) is 9.13 Å². The number of aliphatic hydroxyl groups is 1. The van der Waals surface area contributed by atoms with Gasteiger partial charge in [0.25, 0.3) is 5.08 Å². The fourth-order valence-corrected chi connectivity index (χ4v) is 3.81. The SMILES string of the molecule is CCCC(=N)CC(N)C(O)(P(=O)(O)O)P(=O)(O)O. The third kappa shape index (κ3) is 3.69. The zero-order valence-electron chi connectivity index (χ0n) is 9.72. The number of rotatable bonds is 7. The number of nitrogens with two attached hydrogens (primary N) is 1. The van der Waals surface area contributed by atoms with Gasteiger partial charge >= 0.3 is 15.2 Å². The Kier molecular flexibility index (Phi) is 5.86. The fourth-order valence-electron chi connectivity index (χ4n) is 1.41. The van der Waals surface area contributed by atoms with Gasteiger partial charge in [0.2, 0.25) is 0 Å². The van der Waals surface area contributed by atoms with Crippen molar-refractivity contribution in [1.29, 1.82) is 5.41 Å². The maximum Gasteiger partial charge on any atom is 0.371 e. The smallest absolute Gasteiger partial charge is 0.366 e. The zero-order chi connectivity index (χ0) is 14.8. The van der Waals surface area contributed by atoms with Crippen LogP contribution in [-0.2, 0) is 9.13 Å². The first-order valence-corrected chi connectivity index (χ1v) is 8.26. The monoisotopic (exact) mass is 304 g/mol. The van der Waals surface area contributed by atoms with E-state index >= 15 is 0 Å². The van der Waals surface area contributed by atoms with Gasteiger partial charge < -0.3 is 35.8 Å². The van der Waals surface area contributed by atoms with E-state index in [9.17, 15) is 14.2 Å². The number of hydrogen-bond acceptors (Lipinski definition) is 5. The van der Waals surface area contributed by atoms with Crippen LogP contribution in [-0.4, -0.2) is 41.5 Å². The van der Waals surface area contributed by atoms with Crippen molar-refractivity contribution in [2.45, 2.75) is 37.3 Å². The van der Waals surface area contributed by atoms with Gasteiger partial charge in [-0.1, -0.05) is 13.3 Å². The molecule has 0 aromatic heterocycles. The molecule has 0 aliphatic heterocycles. The fraction of sp³-hybridized carbons (Fsp3) is 0.857. The third-order valence-electron chi connectivity index (χ3n) is 2.37. The van der Waals surface area contributed by atoms with E-state index in [0.29, 0.717) is 6.42 Å². The molecule has 0 rings (SSSR count). The van der Waals surface area contributed by atoms with Crippen molar-refractivity contribution in [1.82, 2.24) is 0 Å². The van der Waals surface area contributed by atoms with E-state index in [0.717, 1.165) is 0 Å². The van der Waals surface area contributed by atoms with Crippen LogP contribution in [0.3, 0.4) is 0 Å². The molecule has 8 N–H and O–H groups in total. The van der Waals surface area contributed by atoms with Gasteiger partial charge in [-0.25, -0.2) is 0 Å². The van der Waals surface area contributed by atoms with Crippen LogP contribution < -0.4 is 5.73 Å². The molecule has 11 heteroatoms. The van der Waals surface area contributed by atoms with E-state index in [-0.39, 0.29) is 12.1 Å². The number of nitrogens with one attached hydrogen (secondary N) is 1. The molecule has 1 unspecified atom stereocenters. The summed E-state index contributed by atoms with van der Waals surface area (Å²) in [6, 6.07) is -1.93. The molecule has 0 bridgehead atoms. The van der Waals surface area contributed by atoms with Gasteiger partial charge in [0.1, 0.15) is 0 Å². The summed E-state index contributed by atoms with van der Waals surface area (Å²) in [6.45, 7) is 1.75. The van der Waals surface area contributed by atoms with Crippen molar-refractivity contribution < 1.29 is 33.8 Å². The third-order valence-corrected chi connectivity index (χ3v) is 6.31. The van der Waals surface area contributed by atoms with E-state index in [1.807, 2.05) is 0 Å². The van der Waals surface area contributed by atoms with Gasteiger partial charge in [0, 0.05) is 12.1 Å². The topological polar surface area (TPSA) is 185 Å². The van der Waals surface area contributed by atoms with E-state index in [1.165, 1.54) is 0 Å². The molecular formula is C7H18N2O7P2. The summed E-state index contributed by atoms with van der Waals surface area (Å²) in [6.07, 6.45) is 0.308. The summed E-state index contributed by atoms with van der Waals surface area (Å²) < 4.78 is 22.2. The van der Waals surface area contributed by atoms with Gasteiger partial charge in [0.15, 0.2) is 0 Å². The second kappa shape index (κ2) is 5.90. The average Bonchev–Trinajstić information content (AvgIpc) is 2.12. The summed E-state index contributed by atoms with van der Waals surface area (Å²) in [5.74, 6) is 0. The molecule has 0 radical (unpaired) electrons. The molecule has 0 saturated carbocycles. The second-order valence-corrected chi connectivity index (χ2v) is 7.83. The minimum absolute atomic E-state index is 0.0506. The van der Waals surface area contributed by atoms with Crippen LogP contribution >= 0.6 is 15.2 Å². The highest BCUT2D eigenvalue weighted by Crippen LogP contribution is 2.68. The lowest BCUT2D eigenvalue weighted by Gasteiger charge is -2.34. The molecule has 18 heavy (non-hydrogen) atoms. The Labute approximate surface area is 104 Å². The maximum atomic E-state index is 11.1. The lowest BCUT2D eigenvalue weighted by molar-refractivity contribution is 0.109. The highest BCUT2D eigenvalue weighted by molar-refractivity contribution is 7.72. The van der Waals surface area contributed by atoms with Gasteiger partial charge in [-0.2, -0.15) is 0 Å². The molecule has 0 saturated heterocycles. The summed E-state index contributed by atoms with van der Waals surface area (Å²) in [5.41, 5.74) is 5.23. The largest absolute Gasteiger partial charge is 0.371 e. The Morgan fingerprint density at radius 1 is 1.28 bits per heavy atom. The summed E-state index contributed by atoms with van der Waals surface area (Å²) in [4.78, 5) is 35.6. The van der Waals surface area contributed by atoms with Crippen molar-refractivity contribution in [3.63, 3.8) is 0 Å². The van der Waals surface area contributed by atoms with Crippen molar-refractivity contribution >= 4 is 20.9 Å². The van der Waals surface area contributed by atoms with Crippen molar-refractivity contribution in [3.8, 4) is 0 Å². The molecule has 0 amide bonds. The highest BCUT2D eigenvalue weighted by Gasteiger charge is 2.63. The first-order valence-electron chi connectivity index (χ1n) is 5.03. The Hall–Kier alpha value is -0.110. The molecule has 0 heterocycles.